The van der Waals surface area contributed by atoms with Crippen LogP contribution in [0.5, 0.6) is 0 Å². The Balaban J connectivity index is 1.73. The zero-order chi connectivity index (χ0) is 20.8. The number of benzene rings is 1. The van der Waals surface area contributed by atoms with Crippen molar-refractivity contribution in [3.63, 3.8) is 0 Å². The van der Waals surface area contributed by atoms with E-state index in [2.05, 4.69) is 15.3 Å². The van der Waals surface area contributed by atoms with Crippen LogP contribution >= 0.6 is 11.3 Å². The fourth-order valence-electron chi connectivity index (χ4n) is 3.86. The minimum Gasteiger partial charge on any atom is -0.351 e. The number of nitrogens with one attached hydrogen (secondary N) is 1. The van der Waals surface area contributed by atoms with E-state index in [1.54, 1.807) is 4.90 Å². The molecule has 0 aliphatic heterocycles. The average Bonchev–Trinajstić information content (AvgIpc) is 3.33. The van der Waals surface area contributed by atoms with Crippen LogP contribution in [0.1, 0.15) is 54.2 Å². The van der Waals surface area contributed by atoms with Crippen LogP contribution in [0, 0.1) is 0 Å². The highest BCUT2D eigenvalue weighted by Gasteiger charge is 2.35. The number of aromatic nitrogens is 2. The Hall–Kier alpha value is -3.06. The molecule has 0 bridgehead atoms. The highest BCUT2D eigenvalue weighted by atomic mass is 32.1. The predicted octanol–water partition coefficient (Wildman–Crippen LogP) is 4.38. The minimum atomic E-state index is -0.790. The Morgan fingerprint density at radius 3 is 2.50 bits per heavy atom. The van der Waals surface area contributed by atoms with Crippen molar-refractivity contribution in [2.45, 2.75) is 44.2 Å². The van der Waals surface area contributed by atoms with Crippen LogP contribution in [0.15, 0.2) is 66.4 Å². The van der Waals surface area contributed by atoms with Gasteiger partial charge in [-0.3, -0.25) is 19.5 Å². The summed E-state index contributed by atoms with van der Waals surface area (Å²) in [6, 6.07) is 12.5. The zero-order valence-electron chi connectivity index (χ0n) is 16.6. The van der Waals surface area contributed by atoms with Crippen molar-refractivity contribution in [3.8, 4) is 0 Å². The van der Waals surface area contributed by atoms with Gasteiger partial charge >= 0.3 is 0 Å². The van der Waals surface area contributed by atoms with Gasteiger partial charge in [-0.15, -0.1) is 11.3 Å². The van der Waals surface area contributed by atoms with Crippen LogP contribution in [-0.4, -0.2) is 27.8 Å². The van der Waals surface area contributed by atoms with Gasteiger partial charge in [-0.05, 0) is 35.9 Å². The molecular weight excluding hydrogens is 396 g/mol. The van der Waals surface area contributed by atoms with Gasteiger partial charge in [0, 0.05) is 18.4 Å². The number of hydrogen-bond acceptors (Lipinski definition) is 5. The number of thiophene rings is 1. The largest absolute Gasteiger partial charge is 0.351 e. The van der Waals surface area contributed by atoms with E-state index in [0.29, 0.717) is 5.00 Å². The summed E-state index contributed by atoms with van der Waals surface area (Å²) in [6.45, 7) is 0. The molecule has 2 amide bonds. The van der Waals surface area contributed by atoms with E-state index in [1.807, 2.05) is 47.8 Å². The number of nitrogens with zero attached hydrogens (tertiary/aromatic N) is 3. The van der Waals surface area contributed by atoms with Gasteiger partial charge in [0.1, 0.15) is 11.7 Å². The molecule has 7 heteroatoms. The van der Waals surface area contributed by atoms with E-state index in [9.17, 15) is 9.59 Å². The van der Waals surface area contributed by atoms with Crippen molar-refractivity contribution >= 4 is 28.2 Å². The van der Waals surface area contributed by atoms with E-state index in [4.69, 9.17) is 0 Å². The summed E-state index contributed by atoms with van der Waals surface area (Å²) < 4.78 is 0. The lowest BCUT2D eigenvalue weighted by Gasteiger charge is -2.32. The average molecular weight is 421 g/mol. The van der Waals surface area contributed by atoms with E-state index >= 15 is 0 Å². The maximum Gasteiger partial charge on any atom is 0.280 e. The molecule has 0 unspecified atom stereocenters. The highest BCUT2D eigenvalue weighted by molar-refractivity contribution is 7.14. The molecule has 1 aliphatic rings. The molecule has 2 aromatic heterocycles. The number of rotatable bonds is 6. The summed E-state index contributed by atoms with van der Waals surface area (Å²) in [5.41, 5.74) is 0.966. The fraction of sp³-hybridized carbons (Fsp3) is 0.304. The first-order valence-corrected chi connectivity index (χ1v) is 11.1. The molecule has 3 aromatic rings. The summed E-state index contributed by atoms with van der Waals surface area (Å²) in [6.07, 6.45) is 9.85. The Morgan fingerprint density at radius 2 is 1.83 bits per heavy atom. The van der Waals surface area contributed by atoms with Crippen LogP contribution in [0.3, 0.4) is 0 Å². The van der Waals surface area contributed by atoms with Crippen molar-refractivity contribution in [2.75, 3.05) is 4.90 Å². The second-order valence-electron chi connectivity index (χ2n) is 7.37. The number of anilines is 1. The highest BCUT2D eigenvalue weighted by Crippen LogP contribution is 2.33. The third-order valence-corrected chi connectivity index (χ3v) is 6.19. The lowest BCUT2D eigenvalue weighted by molar-refractivity contribution is -0.123. The molecule has 30 heavy (non-hydrogen) atoms. The van der Waals surface area contributed by atoms with Crippen LogP contribution in [0.4, 0.5) is 5.00 Å². The molecule has 1 aromatic carbocycles. The first-order valence-electron chi connectivity index (χ1n) is 10.2. The summed E-state index contributed by atoms with van der Waals surface area (Å²) in [5.74, 6) is -0.517. The maximum atomic E-state index is 13.5. The van der Waals surface area contributed by atoms with Gasteiger partial charge in [-0.25, -0.2) is 4.98 Å². The minimum absolute atomic E-state index is 0.147. The first-order chi connectivity index (χ1) is 14.7. The molecule has 0 radical (unpaired) electrons. The topological polar surface area (TPSA) is 75.2 Å². The molecule has 0 spiro atoms. The van der Waals surface area contributed by atoms with Gasteiger partial charge in [-0.2, -0.15) is 0 Å². The van der Waals surface area contributed by atoms with Crippen molar-refractivity contribution < 1.29 is 9.59 Å². The Bertz CT molecular complexity index is 957. The lowest BCUT2D eigenvalue weighted by atomic mass is 9.94. The van der Waals surface area contributed by atoms with Crippen LogP contribution < -0.4 is 10.2 Å². The van der Waals surface area contributed by atoms with E-state index in [0.717, 1.165) is 31.2 Å². The summed E-state index contributed by atoms with van der Waals surface area (Å²) in [7, 11) is 0. The van der Waals surface area contributed by atoms with Gasteiger partial charge in [-0.1, -0.05) is 49.6 Å². The Morgan fingerprint density at radius 1 is 1.03 bits per heavy atom. The van der Waals surface area contributed by atoms with Gasteiger partial charge in [0.2, 0.25) is 5.91 Å². The molecule has 1 fully saturated rings. The first kappa shape index (κ1) is 20.2. The molecule has 1 atom stereocenters. The monoisotopic (exact) mass is 420 g/mol. The SMILES string of the molecule is O=C(NC1CCCCC1)[C@H](c1ccccc1)N(C(=O)c1cnccn1)c1cccs1. The number of hydrogen-bond donors (Lipinski definition) is 1. The molecule has 6 nitrogen and oxygen atoms in total. The van der Waals surface area contributed by atoms with Crippen LogP contribution in [-0.2, 0) is 4.79 Å². The van der Waals surface area contributed by atoms with E-state index in [-0.39, 0.29) is 23.6 Å². The molecule has 1 N–H and O–H groups in total. The Kier molecular flexibility index (Phi) is 6.49. The number of carbonyl (C=O) groups excluding carboxylic acids is 2. The van der Waals surface area contributed by atoms with E-state index in [1.165, 1.54) is 36.3 Å². The molecule has 2 heterocycles. The lowest BCUT2D eigenvalue weighted by Crippen LogP contribution is -2.47. The zero-order valence-corrected chi connectivity index (χ0v) is 17.4. The maximum absolute atomic E-state index is 13.5. The molecule has 0 saturated heterocycles. The quantitative estimate of drug-likeness (QED) is 0.642. The standard InChI is InChI=1S/C23H24N4O2S/c28-22(26-18-10-5-2-6-11-18)21(17-8-3-1-4-9-17)27(20-12-7-15-30-20)23(29)19-16-24-13-14-25-19/h1,3-4,7-9,12-16,18,21H,2,5-6,10-11H2,(H,26,28)/t21-/m0/s1. The van der Waals surface area contributed by atoms with Gasteiger partial charge < -0.3 is 5.32 Å². The molecular formula is C23H24N4O2S. The van der Waals surface area contributed by atoms with Gasteiger partial charge in [0.25, 0.3) is 5.91 Å². The van der Waals surface area contributed by atoms with Crippen molar-refractivity contribution in [1.29, 1.82) is 0 Å². The fourth-order valence-corrected chi connectivity index (χ4v) is 4.62. The van der Waals surface area contributed by atoms with Crippen LogP contribution in [0.25, 0.3) is 0 Å². The Labute approximate surface area is 180 Å². The van der Waals surface area contributed by atoms with Crippen molar-refractivity contribution in [2.24, 2.45) is 0 Å². The predicted molar refractivity (Wildman–Crippen MR) is 117 cm³/mol. The van der Waals surface area contributed by atoms with Crippen molar-refractivity contribution in [1.82, 2.24) is 15.3 Å². The number of carbonyl (C=O) groups is 2. The van der Waals surface area contributed by atoms with Gasteiger partial charge in [0.15, 0.2) is 0 Å². The molecule has 1 saturated carbocycles. The van der Waals surface area contributed by atoms with Crippen LogP contribution in [0.2, 0.25) is 0 Å². The molecule has 154 valence electrons. The molecule has 1 aliphatic carbocycles. The third-order valence-electron chi connectivity index (χ3n) is 5.32. The smallest absolute Gasteiger partial charge is 0.280 e. The van der Waals surface area contributed by atoms with E-state index < -0.39 is 6.04 Å². The summed E-state index contributed by atoms with van der Waals surface area (Å²) >= 11 is 1.42. The normalized spacial score (nSPS) is 15.3. The second kappa shape index (κ2) is 9.63. The third kappa shape index (κ3) is 4.57. The number of amides is 2. The second-order valence-corrected chi connectivity index (χ2v) is 8.30. The van der Waals surface area contributed by atoms with Crippen molar-refractivity contribution in [3.05, 3.63) is 77.7 Å². The summed E-state index contributed by atoms with van der Waals surface area (Å²) in [4.78, 5) is 36.8. The summed E-state index contributed by atoms with van der Waals surface area (Å²) in [5, 5.41) is 5.79. The molecule has 4 rings (SSSR count). The van der Waals surface area contributed by atoms with Gasteiger partial charge in [0.05, 0.1) is 11.2 Å².